The fourth-order valence-electron chi connectivity index (χ4n) is 1.86. The number of hydrogen-bond donors (Lipinski definition) is 2. The van der Waals surface area contributed by atoms with Gasteiger partial charge in [0.05, 0.1) is 19.8 Å². The molecule has 0 aromatic heterocycles. The third kappa shape index (κ3) is 5.49. The number of aliphatic hydroxyl groups is 2. The minimum absolute atomic E-state index is 0.253. The Morgan fingerprint density at radius 3 is 2.53 bits per heavy atom. The molecule has 0 amide bonds. The zero-order valence-corrected chi connectivity index (χ0v) is 11.8. The lowest BCUT2D eigenvalue weighted by molar-refractivity contribution is 0.190. The molecule has 4 heteroatoms. The quantitative estimate of drug-likeness (QED) is 0.676. The molecule has 0 aliphatic rings. The summed E-state index contributed by atoms with van der Waals surface area (Å²) in [6.07, 6.45) is 3.28. The normalized spacial score (nSPS) is 12.2. The van der Waals surface area contributed by atoms with Gasteiger partial charge in [0.2, 0.25) is 0 Å². The van der Waals surface area contributed by atoms with E-state index in [2.05, 4.69) is 0 Å². The number of benzene rings is 1. The molecule has 0 aliphatic heterocycles. The highest BCUT2D eigenvalue weighted by Crippen LogP contribution is 2.29. The summed E-state index contributed by atoms with van der Waals surface area (Å²) in [5.41, 5.74) is 0.774. The molecule has 0 aliphatic carbocycles. The van der Waals surface area contributed by atoms with Crippen molar-refractivity contribution < 1.29 is 19.7 Å². The van der Waals surface area contributed by atoms with E-state index in [4.69, 9.17) is 14.6 Å². The average molecular weight is 268 g/mol. The largest absolute Gasteiger partial charge is 0.497 e. The van der Waals surface area contributed by atoms with E-state index < -0.39 is 6.10 Å². The van der Waals surface area contributed by atoms with Gasteiger partial charge in [-0.15, -0.1) is 0 Å². The van der Waals surface area contributed by atoms with Crippen molar-refractivity contribution >= 4 is 0 Å². The molecule has 0 fully saturated rings. The molecule has 0 unspecified atom stereocenters. The van der Waals surface area contributed by atoms with Gasteiger partial charge in [-0.2, -0.15) is 0 Å². The second kappa shape index (κ2) is 8.77. The minimum Gasteiger partial charge on any atom is -0.497 e. The van der Waals surface area contributed by atoms with Gasteiger partial charge in [-0.25, -0.2) is 0 Å². The van der Waals surface area contributed by atoms with Crippen molar-refractivity contribution in [3.8, 4) is 11.5 Å². The lowest BCUT2D eigenvalue weighted by Crippen LogP contribution is -2.03. The molecule has 0 bridgehead atoms. The molecule has 0 saturated carbocycles. The maximum atomic E-state index is 9.69. The number of methoxy groups -OCH3 is 1. The topological polar surface area (TPSA) is 58.9 Å². The summed E-state index contributed by atoms with van der Waals surface area (Å²) < 4.78 is 10.9. The number of rotatable bonds is 9. The molecule has 19 heavy (non-hydrogen) atoms. The number of hydrogen-bond acceptors (Lipinski definition) is 4. The molecule has 1 atom stereocenters. The zero-order valence-electron chi connectivity index (χ0n) is 11.8. The van der Waals surface area contributed by atoms with Gasteiger partial charge in [0.1, 0.15) is 11.5 Å². The monoisotopic (exact) mass is 268 g/mol. The van der Waals surface area contributed by atoms with Crippen molar-refractivity contribution in [3.63, 3.8) is 0 Å². The van der Waals surface area contributed by atoms with E-state index in [0.717, 1.165) is 37.0 Å². The summed E-state index contributed by atoms with van der Waals surface area (Å²) in [5.74, 6) is 1.40. The van der Waals surface area contributed by atoms with E-state index in [1.165, 1.54) is 0 Å². The van der Waals surface area contributed by atoms with Crippen LogP contribution in [0.25, 0.3) is 0 Å². The summed E-state index contributed by atoms with van der Waals surface area (Å²) >= 11 is 0. The van der Waals surface area contributed by atoms with E-state index in [1.54, 1.807) is 20.1 Å². The zero-order chi connectivity index (χ0) is 14.1. The fourth-order valence-corrected chi connectivity index (χ4v) is 1.86. The van der Waals surface area contributed by atoms with E-state index in [0.29, 0.717) is 12.4 Å². The standard InChI is InChI=1S/C15H24O4/c1-12(17)14-8-7-13(18-2)11-15(14)19-10-6-4-3-5-9-16/h7-8,11-12,16-17H,3-6,9-10H2,1-2H3/t12-/m1/s1. The summed E-state index contributed by atoms with van der Waals surface area (Å²) in [6, 6.07) is 5.44. The highest BCUT2D eigenvalue weighted by atomic mass is 16.5. The Bertz CT molecular complexity index is 363. The summed E-state index contributed by atoms with van der Waals surface area (Å²) in [6.45, 7) is 2.58. The van der Waals surface area contributed by atoms with Gasteiger partial charge in [-0.3, -0.25) is 0 Å². The van der Waals surface area contributed by atoms with Crippen LogP contribution in [0.3, 0.4) is 0 Å². The van der Waals surface area contributed by atoms with Crippen molar-refractivity contribution in [2.45, 2.75) is 38.7 Å². The highest BCUT2D eigenvalue weighted by Gasteiger charge is 2.10. The summed E-state index contributed by atoms with van der Waals surface area (Å²) in [7, 11) is 1.61. The second-order valence-corrected chi connectivity index (χ2v) is 4.57. The van der Waals surface area contributed by atoms with Crippen LogP contribution in [0, 0.1) is 0 Å². The molecule has 0 spiro atoms. The van der Waals surface area contributed by atoms with Crippen LogP contribution in [0.5, 0.6) is 11.5 Å². The Balaban J connectivity index is 2.50. The predicted molar refractivity (Wildman–Crippen MR) is 74.7 cm³/mol. The van der Waals surface area contributed by atoms with Gasteiger partial charge in [0.15, 0.2) is 0 Å². The van der Waals surface area contributed by atoms with Gasteiger partial charge in [-0.05, 0) is 38.3 Å². The van der Waals surface area contributed by atoms with Crippen LogP contribution in [-0.2, 0) is 0 Å². The second-order valence-electron chi connectivity index (χ2n) is 4.57. The third-order valence-electron chi connectivity index (χ3n) is 2.98. The first-order chi connectivity index (χ1) is 9.19. The molecular formula is C15H24O4. The summed E-state index contributed by atoms with van der Waals surface area (Å²) in [4.78, 5) is 0. The van der Waals surface area contributed by atoms with Crippen LogP contribution in [0.4, 0.5) is 0 Å². The first kappa shape index (κ1) is 15.8. The van der Waals surface area contributed by atoms with Gasteiger partial charge < -0.3 is 19.7 Å². The van der Waals surface area contributed by atoms with Gasteiger partial charge in [0, 0.05) is 18.2 Å². The van der Waals surface area contributed by atoms with Crippen LogP contribution in [-0.4, -0.2) is 30.5 Å². The van der Waals surface area contributed by atoms with Crippen LogP contribution in [0.15, 0.2) is 18.2 Å². The third-order valence-corrected chi connectivity index (χ3v) is 2.98. The lowest BCUT2D eigenvalue weighted by atomic mass is 10.1. The molecule has 108 valence electrons. The van der Waals surface area contributed by atoms with Crippen molar-refractivity contribution in [2.75, 3.05) is 20.3 Å². The molecule has 1 aromatic carbocycles. The Hall–Kier alpha value is -1.26. The molecular weight excluding hydrogens is 244 g/mol. The Labute approximate surface area is 115 Å². The summed E-state index contributed by atoms with van der Waals surface area (Å²) in [5, 5.41) is 18.4. The number of aliphatic hydroxyl groups excluding tert-OH is 2. The van der Waals surface area contributed by atoms with E-state index in [1.807, 2.05) is 12.1 Å². The maximum absolute atomic E-state index is 9.69. The molecule has 4 nitrogen and oxygen atoms in total. The van der Waals surface area contributed by atoms with Crippen molar-refractivity contribution in [1.82, 2.24) is 0 Å². The predicted octanol–water partition coefficient (Wildman–Crippen LogP) is 2.68. The van der Waals surface area contributed by atoms with Gasteiger partial charge >= 0.3 is 0 Å². The smallest absolute Gasteiger partial charge is 0.128 e. The first-order valence-corrected chi connectivity index (χ1v) is 6.78. The Morgan fingerprint density at radius 2 is 1.89 bits per heavy atom. The van der Waals surface area contributed by atoms with E-state index >= 15 is 0 Å². The Morgan fingerprint density at radius 1 is 1.16 bits per heavy atom. The average Bonchev–Trinajstić information content (AvgIpc) is 2.42. The lowest BCUT2D eigenvalue weighted by Gasteiger charge is -2.14. The van der Waals surface area contributed by atoms with Crippen molar-refractivity contribution in [1.29, 1.82) is 0 Å². The number of unbranched alkanes of at least 4 members (excludes halogenated alkanes) is 3. The minimum atomic E-state index is -0.560. The molecule has 0 heterocycles. The SMILES string of the molecule is COc1ccc([C@@H](C)O)c(OCCCCCCO)c1. The van der Waals surface area contributed by atoms with Crippen LogP contribution in [0.2, 0.25) is 0 Å². The Kier molecular flexibility index (Phi) is 7.30. The van der Waals surface area contributed by atoms with Gasteiger partial charge in [-0.1, -0.05) is 6.42 Å². The molecule has 2 N–H and O–H groups in total. The van der Waals surface area contributed by atoms with Crippen molar-refractivity contribution in [3.05, 3.63) is 23.8 Å². The molecule has 0 radical (unpaired) electrons. The fraction of sp³-hybridized carbons (Fsp3) is 0.600. The number of ether oxygens (including phenoxy) is 2. The van der Waals surface area contributed by atoms with E-state index in [-0.39, 0.29) is 6.61 Å². The first-order valence-electron chi connectivity index (χ1n) is 6.78. The van der Waals surface area contributed by atoms with Crippen LogP contribution < -0.4 is 9.47 Å². The highest BCUT2D eigenvalue weighted by molar-refractivity contribution is 5.41. The molecule has 1 aromatic rings. The molecule has 1 rings (SSSR count). The van der Waals surface area contributed by atoms with Crippen LogP contribution >= 0.6 is 0 Å². The van der Waals surface area contributed by atoms with Crippen molar-refractivity contribution in [2.24, 2.45) is 0 Å². The maximum Gasteiger partial charge on any atom is 0.128 e. The van der Waals surface area contributed by atoms with E-state index in [9.17, 15) is 5.11 Å². The van der Waals surface area contributed by atoms with Gasteiger partial charge in [0.25, 0.3) is 0 Å². The van der Waals surface area contributed by atoms with Crippen LogP contribution in [0.1, 0.15) is 44.3 Å². The molecule has 0 saturated heterocycles.